The van der Waals surface area contributed by atoms with Crippen LogP contribution in [-0.2, 0) is 13.1 Å². The average Bonchev–Trinajstić information content (AvgIpc) is 2.88. The van der Waals surface area contributed by atoms with Crippen LogP contribution >= 0.6 is 15.9 Å². The predicted octanol–water partition coefficient (Wildman–Crippen LogP) is 4.25. The first kappa shape index (κ1) is 28.8. The summed E-state index contributed by atoms with van der Waals surface area (Å²) < 4.78 is 0.614. The summed E-state index contributed by atoms with van der Waals surface area (Å²) in [5.41, 5.74) is 5.43. The number of amides is 2. The Balaban J connectivity index is 1.70. The number of rotatable bonds is 11. The van der Waals surface area contributed by atoms with Gasteiger partial charge in [0, 0.05) is 58.6 Å². The number of likely N-dealkylation sites (N-methyl/N-ethyl adjacent to an activating group) is 1. The highest BCUT2D eigenvalue weighted by Gasteiger charge is 2.21. The number of hydrogen-bond donors (Lipinski definition) is 1. The van der Waals surface area contributed by atoms with Gasteiger partial charge in [0.05, 0.1) is 4.47 Å². The number of unbranched alkanes of at least 4 members (excludes halogenated alkanes) is 1. The Morgan fingerprint density at radius 1 is 1.19 bits per heavy atom. The van der Waals surface area contributed by atoms with E-state index in [1.54, 1.807) is 11.2 Å². The Morgan fingerprint density at radius 2 is 1.86 bits per heavy atom. The van der Waals surface area contributed by atoms with E-state index in [9.17, 15) is 10.1 Å². The van der Waals surface area contributed by atoms with Crippen LogP contribution in [0.25, 0.3) is 0 Å². The maximum Gasteiger partial charge on any atom is 0.336 e. The fourth-order valence-electron chi connectivity index (χ4n) is 4.17. The Kier molecular flexibility index (Phi) is 11.1. The van der Waals surface area contributed by atoms with Gasteiger partial charge in [-0.2, -0.15) is 10.2 Å². The minimum Gasteiger partial charge on any atom is -0.319 e. The molecule has 3 rings (SSSR count). The third kappa shape index (κ3) is 8.95. The first-order valence-corrected chi connectivity index (χ1v) is 13.8. The number of anilines is 1. The van der Waals surface area contributed by atoms with Crippen molar-refractivity contribution < 1.29 is 4.79 Å². The smallest absolute Gasteiger partial charge is 0.319 e. The number of piperazine rings is 1. The SMILES string of the molecule is CCCCN(Cc1ccc(CN2CCN(C)CC2)cc1)C(=O)NN(CC(C)C)c1nc(C#N)ncc1Br. The van der Waals surface area contributed by atoms with Crippen LogP contribution in [0.3, 0.4) is 0 Å². The Bertz CT molecular complexity index is 1050. The molecule has 0 aliphatic carbocycles. The molecule has 9 nitrogen and oxygen atoms in total. The molecule has 0 atom stereocenters. The van der Waals surface area contributed by atoms with Crippen molar-refractivity contribution in [2.24, 2.45) is 5.92 Å². The van der Waals surface area contributed by atoms with E-state index in [0.29, 0.717) is 29.9 Å². The quantitative estimate of drug-likeness (QED) is 0.404. The van der Waals surface area contributed by atoms with Gasteiger partial charge in [0.25, 0.3) is 0 Å². The summed E-state index contributed by atoms with van der Waals surface area (Å²) in [5.74, 6) is 0.780. The van der Waals surface area contributed by atoms with Crippen molar-refractivity contribution in [1.29, 1.82) is 5.26 Å². The molecule has 200 valence electrons. The maximum absolute atomic E-state index is 13.5. The van der Waals surface area contributed by atoms with Crippen molar-refractivity contribution in [3.8, 4) is 6.07 Å². The van der Waals surface area contributed by atoms with E-state index in [4.69, 9.17) is 0 Å². The minimum atomic E-state index is -0.195. The molecule has 2 aromatic rings. The normalized spacial score (nSPS) is 14.4. The van der Waals surface area contributed by atoms with Crippen LogP contribution in [0.1, 0.15) is 50.6 Å². The molecule has 0 unspecified atom stereocenters. The zero-order valence-electron chi connectivity index (χ0n) is 22.5. The fourth-order valence-corrected chi connectivity index (χ4v) is 4.58. The lowest BCUT2D eigenvalue weighted by Gasteiger charge is -2.32. The molecule has 1 aliphatic heterocycles. The summed E-state index contributed by atoms with van der Waals surface area (Å²) in [6.45, 7) is 13.3. The molecule has 10 heteroatoms. The van der Waals surface area contributed by atoms with Gasteiger partial charge in [-0.15, -0.1) is 0 Å². The Morgan fingerprint density at radius 3 is 2.49 bits per heavy atom. The maximum atomic E-state index is 13.5. The van der Waals surface area contributed by atoms with Gasteiger partial charge in [0.1, 0.15) is 6.07 Å². The summed E-state index contributed by atoms with van der Waals surface area (Å²) in [6.07, 6.45) is 3.44. The molecule has 1 saturated heterocycles. The molecule has 2 heterocycles. The number of carbonyl (C=O) groups excluding carboxylic acids is 1. The summed E-state index contributed by atoms with van der Waals surface area (Å²) >= 11 is 3.47. The van der Waals surface area contributed by atoms with Crippen LogP contribution in [0.4, 0.5) is 10.6 Å². The highest BCUT2D eigenvalue weighted by Crippen LogP contribution is 2.23. The number of halogens is 1. The second-order valence-electron chi connectivity index (χ2n) is 10.1. The van der Waals surface area contributed by atoms with Crippen LogP contribution in [-0.4, -0.2) is 77.0 Å². The first-order chi connectivity index (χ1) is 17.8. The molecule has 1 aromatic carbocycles. The Hall–Kier alpha value is -2.74. The van der Waals surface area contributed by atoms with Crippen molar-refractivity contribution >= 4 is 27.8 Å². The van der Waals surface area contributed by atoms with Crippen molar-refractivity contribution in [2.75, 3.05) is 51.3 Å². The Labute approximate surface area is 229 Å². The van der Waals surface area contributed by atoms with Crippen LogP contribution in [0.5, 0.6) is 0 Å². The summed E-state index contributed by atoms with van der Waals surface area (Å²) in [4.78, 5) is 28.5. The van der Waals surface area contributed by atoms with E-state index in [0.717, 1.165) is 51.1 Å². The average molecular weight is 572 g/mol. The second kappa shape index (κ2) is 14.3. The number of urea groups is 1. The van der Waals surface area contributed by atoms with Crippen molar-refractivity contribution in [3.63, 3.8) is 0 Å². The van der Waals surface area contributed by atoms with E-state index >= 15 is 0 Å². The van der Waals surface area contributed by atoms with E-state index in [-0.39, 0.29) is 17.8 Å². The summed E-state index contributed by atoms with van der Waals surface area (Å²) in [6, 6.07) is 10.4. The molecule has 37 heavy (non-hydrogen) atoms. The largest absolute Gasteiger partial charge is 0.336 e. The van der Waals surface area contributed by atoms with Gasteiger partial charge in [-0.25, -0.2) is 15.2 Å². The van der Waals surface area contributed by atoms with E-state index in [2.05, 4.69) is 93.2 Å². The monoisotopic (exact) mass is 570 g/mol. The third-order valence-electron chi connectivity index (χ3n) is 6.33. The second-order valence-corrected chi connectivity index (χ2v) is 10.9. The van der Waals surface area contributed by atoms with Gasteiger partial charge in [0.15, 0.2) is 5.82 Å². The van der Waals surface area contributed by atoms with Gasteiger partial charge in [-0.05, 0) is 46.4 Å². The van der Waals surface area contributed by atoms with Gasteiger partial charge < -0.3 is 9.80 Å². The molecular formula is C27H39BrN8O. The first-order valence-electron chi connectivity index (χ1n) is 13.0. The van der Waals surface area contributed by atoms with Gasteiger partial charge in [-0.3, -0.25) is 9.91 Å². The fraction of sp³-hybridized carbons (Fsp3) is 0.556. The predicted molar refractivity (Wildman–Crippen MR) is 150 cm³/mol. The number of nitrogens with one attached hydrogen (secondary N) is 1. The summed E-state index contributed by atoms with van der Waals surface area (Å²) in [7, 11) is 2.17. The molecule has 0 bridgehead atoms. The number of hydrogen-bond acceptors (Lipinski definition) is 7. The molecule has 0 spiro atoms. The number of carbonyl (C=O) groups is 1. The number of nitriles is 1. The van der Waals surface area contributed by atoms with Crippen molar-refractivity contribution in [2.45, 2.75) is 46.7 Å². The molecule has 0 saturated carbocycles. The van der Waals surface area contributed by atoms with E-state index < -0.39 is 0 Å². The molecule has 2 amide bonds. The van der Waals surface area contributed by atoms with Gasteiger partial charge >= 0.3 is 6.03 Å². The van der Waals surface area contributed by atoms with E-state index in [1.165, 1.54) is 5.56 Å². The van der Waals surface area contributed by atoms with Crippen LogP contribution in [0.15, 0.2) is 34.9 Å². The molecule has 1 fully saturated rings. The number of hydrazine groups is 1. The lowest BCUT2D eigenvalue weighted by atomic mass is 10.1. The highest BCUT2D eigenvalue weighted by atomic mass is 79.9. The molecule has 1 aliphatic rings. The zero-order valence-corrected chi connectivity index (χ0v) is 24.0. The summed E-state index contributed by atoms with van der Waals surface area (Å²) in [5, 5.41) is 11.0. The van der Waals surface area contributed by atoms with Crippen LogP contribution < -0.4 is 10.4 Å². The highest BCUT2D eigenvalue weighted by molar-refractivity contribution is 9.10. The minimum absolute atomic E-state index is 0.0562. The van der Waals surface area contributed by atoms with Gasteiger partial charge in [0.2, 0.25) is 5.82 Å². The van der Waals surface area contributed by atoms with Gasteiger partial charge in [-0.1, -0.05) is 51.5 Å². The standard InChI is InChI=1S/C27H39BrN8O/c1-5-6-11-35(20-23-9-7-22(8-10-23)19-34-14-12-33(4)13-15-34)27(37)32-36(18-21(2)3)26-24(28)17-30-25(16-29)31-26/h7-10,17,21H,5-6,11-15,18-20H2,1-4H3,(H,32,37). The number of nitrogens with zero attached hydrogens (tertiary/aromatic N) is 7. The van der Waals surface area contributed by atoms with Crippen molar-refractivity contribution in [1.82, 2.24) is 30.1 Å². The molecule has 1 N–H and O–H groups in total. The number of aromatic nitrogens is 2. The topological polar surface area (TPSA) is 91.6 Å². The van der Waals surface area contributed by atoms with Crippen molar-refractivity contribution in [3.05, 3.63) is 51.9 Å². The third-order valence-corrected chi connectivity index (χ3v) is 6.89. The zero-order chi connectivity index (χ0) is 26.8. The molecule has 0 radical (unpaired) electrons. The molecular weight excluding hydrogens is 532 g/mol. The lowest BCUT2D eigenvalue weighted by Crippen LogP contribution is -2.51. The number of benzene rings is 1. The van der Waals surface area contributed by atoms with Crippen LogP contribution in [0.2, 0.25) is 0 Å². The van der Waals surface area contributed by atoms with E-state index in [1.807, 2.05) is 11.0 Å². The molecule has 1 aromatic heterocycles. The lowest BCUT2D eigenvalue weighted by molar-refractivity contribution is 0.148. The van der Waals surface area contributed by atoms with Crippen LogP contribution in [0, 0.1) is 17.2 Å².